The lowest BCUT2D eigenvalue weighted by Crippen LogP contribution is -2.48. The third-order valence-electron chi connectivity index (χ3n) is 4.59. The Bertz CT molecular complexity index is 471. The minimum atomic E-state index is 0.527. The van der Waals surface area contributed by atoms with Crippen LogP contribution in [0.4, 0.5) is 0 Å². The van der Waals surface area contributed by atoms with Crippen LogP contribution in [0.5, 0.6) is 0 Å². The molecule has 0 aromatic rings. The normalized spacial score (nSPS) is 23.2. The molecule has 0 bridgehead atoms. The topological polar surface area (TPSA) is 27.6 Å². The molecule has 2 unspecified atom stereocenters. The third-order valence-corrected chi connectivity index (χ3v) is 4.59. The summed E-state index contributed by atoms with van der Waals surface area (Å²) < 4.78 is 0. The fourth-order valence-corrected chi connectivity index (χ4v) is 3.17. The van der Waals surface area contributed by atoms with Gasteiger partial charge in [-0.25, -0.2) is 0 Å². The summed E-state index contributed by atoms with van der Waals surface area (Å²) in [7, 11) is 0. The largest absolute Gasteiger partial charge is 0.372 e. The molecule has 0 spiro atoms. The molecule has 1 fully saturated rings. The van der Waals surface area contributed by atoms with E-state index in [1.807, 2.05) is 0 Å². The maximum atomic E-state index is 4.48. The second kappa shape index (κ2) is 8.94. The highest BCUT2D eigenvalue weighted by Gasteiger charge is 2.22. The second-order valence-electron chi connectivity index (χ2n) is 6.21. The van der Waals surface area contributed by atoms with Crippen molar-refractivity contribution < 1.29 is 0 Å². The van der Waals surface area contributed by atoms with Crippen LogP contribution in [0.1, 0.15) is 48.0 Å². The maximum absolute atomic E-state index is 4.48. The highest BCUT2D eigenvalue weighted by Crippen LogP contribution is 2.28. The van der Waals surface area contributed by atoms with E-state index in [4.69, 9.17) is 0 Å². The summed E-state index contributed by atoms with van der Waals surface area (Å²) in [5.74, 6) is 0.533. The van der Waals surface area contributed by atoms with Gasteiger partial charge in [0.1, 0.15) is 0 Å². The molecule has 0 aliphatic carbocycles. The van der Waals surface area contributed by atoms with Crippen LogP contribution in [0.2, 0.25) is 0 Å². The number of nitrogens with zero attached hydrogens (tertiary/aromatic N) is 2. The first-order chi connectivity index (χ1) is 10.5. The van der Waals surface area contributed by atoms with Crippen LogP contribution in [-0.4, -0.2) is 36.3 Å². The lowest BCUT2D eigenvalue weighted by molar-refractivity contribution is 0.255. The van der Waals surface area contributed by atoms with Gasteiger partial charge in [0.2, 0.25) is 0 Å². The minimum absolute atomic E-state index is 0.527. The Labute approximate surface area is 136 Å². The fraction of sp³-hybridized carbons (Fsp3) is 0.632. The number of hydrogen-bond donors (Lipinski definition) is 1. The molecule has 22 heavy (non-hydrogen) atoms. The Hall–Kier alpha value is -1.35. The molecule has 1 aliphatic rings. The standard InChI is InChI=1S/C19H33N3/c1-8-14(4)18(9-2)19(16(6)20-10-3)17(7)22-12-11-21-15(5)13-22/h9-10,14-15,21H,3,8,11-13H2,1-2,4-7H3/b18-9-,19-17-,20-16-. The van der Waals surface area contributed by atoms with Gasteiger partial charge in [-0.1, -0.05) is 26.5 Å². The molecular weight excluding hydrogens is 270 g/mol. The molecule has 1 heterocycles. The first-order valence-electron chi connectivity index (χ1n) is 8.47. The van der Waals surface area contributed by atoms with Gasteiger partial charge in [0, 0.05) is 48.9 Å². The van der Waals surface area contributed by atoms with Gasteiger partial charge in [0.05, 0.1) is 0 Å². The van der Waals surface area contributed by atoms with Crippen LogP contribution in [0.25, 0.3) is 0 Å². The van der Waals surface area contributed by atoms with Gasteiger partial charge < -0.3 is 10.2 Å². The van der Waals surface area contributed by atoms with Gasteiger partial charge in [-0.15, -0.1) is 0 Å². The molecule has 2 atom stereocenters. The van der Waals surface area contributed by atoms with Crippen LogP contribution in [-0.2, 0) is 0 Å². The Kier molecular flexibility index (Phi) is 7.60. The minimum Gasteiger partial charge on any atom is -0.372 e. The Balaban J connectivity index is 3.31. The fourth-order valence-electron chi connectivity index (χ4n) is 3.17. The number of rotatable bonds is 6. The zero-order valence-corrected chi connectivity index (χ0v) is 15.2. The van der Waals surface area contributed by atoms with Crippen molar-refractivity contribution in [2.24, 2.45) is 10.9 Å². The van der Waals surface area contributed by atoms with Crippen LogP contribution >= 0.6 is 0 Å². The number of piperazine rings is 1. The molecule has 1 saturated heterocycles. The molecule has 1 aliphatic heterocycles. The molecule has 0 radical (unpaired) electrons. The predicted octanol–water partition coefficient (Wildman–Crippen LogP) is 4.15. The summed E-state index contributed by atoms with van der Waals surface area (Å²) in [6.45, 7) is 20.2. The van der Waals surface area contributed by atoms with E-state index in [0.29, 0.717) is 12.0 Å². The molecule has 1 rings (SSSR count). The lowest BCUT2D eigenvalue weighted by atomic mass is 9.87. The number of allylic oxidation sites excluding steroid dienone is 4. The molecule has 3 heteroatoms. The van der Waals surface area contributed by atoms with E-state index in [1.54, 1.807) is 6.20 Å². The molecular formula is C19H33N3. The Morgan fingerprint density at radius 1 is 1.45 bits per heavy atom. The van der Waals surface area contributed by atoms with E-state index in [1.165, 1.54) is 16.8 Å². The Morgan fingerprint density at radius 3 is 2.64 bits per heavy atom. The number of aliphatic imine (C=N–C) groups is 1. The smallest absolute Gasteiger partial charge is 0.0464 e. The van der Waals surface area contributed by atoms with E-state index < -0.39 is 0 Å². The van der Waals surface area contributed by atoms with Gasteiger partial charge in [-0.2, -0.15) is 0 Å². The third kappa shape index (κ3) is 4.57. The van der Waals surface area contributed by atoms with Gasteiger partial charge in [0.15, 0.2) is 0 Å². The Morgan fingerprint density at radius 2 is 2.14 bits per heavy atom. The summed E-state index contributed by atoms with van der Waals surface area (Å²) in [5, 5.41) is 3.51. The van der Waals surface area contributed by atoms with Crippen LogP contribution < -0.4 is 5.32 Å². The quantitative estimate of drug-likeness (QED) is 0.589. The van der Waals surface area contributed by atoms with Gasteiger partial charge in [-0.3, -0.25) is 4.99 Å². The van der Waals surface area contributed by atoms with Crippen LogP contribution in [0, 0.1) is 5.92 Å². The van der Waals surface area contributed by atoms with Gasteiger partial charge >= 0.3 is 0 Å². The predicted molar refractivity (Wildman–Crippen MR) is 98.3 cm³/mol. The summed E-state index contributed by atoms with van der Waals surface area (Å²) >= 11 is 0. The summed E-state index contributed by atoms with van der Waals surface area (Å²) in [6, 6.07) is 0.527. The van der Waals surface area contributed by atoms with Crippen molar-refractivity contribution in [1.29, 1.82) is 0 Å². The summed E-state index contributed by atoms with van der Waals surface area (Å²) in [6.07, 6.45) is 5.03. The summed E-state index contributed by atoms with van der Waals surface area (Å²) in [4.78, 5) is 6.98. The van der Waals surface area contributed by atoms with E-state index in [9.17, 15) is 0 Å². The van der Waals surface area contributed by atoms with E-state index >= 15 is 0 Å². The first-order valence-corrected chi connectivity index (χ1v) is 8.47. The molecule has 124 valence electrons. The second-order valence-corrected chi connectivity index (χ2v) is 6.21. The zero-order valence-electron chi connectivity index (χ0n) is 15.2. The zero-order chi connectivity index (χ0) is 16.7. The van der Waals surface area contributed by atoms with Gasteiger partial charge in [-0.05, 0) is 45.6 Å². The highest BCUT2D eigenvalue weighted by atomic mass is 15.2. The maximum Gasteiger partial charge on any atom is 0.0464 e. The van der Waals surface area contributed by atoms with E-state index in [-0.39, 0.29) is 0 Å². The average Bonchev–Trinajstić information content (AvgIpc) is 2.51. The molecule has 0 aromatic heterocycles. The molecule has 0 saturated carbocycles. The van der Waals surface area contributed by atoms with Crippen molar-refractivity contribution in [2.45, 2.75) is 54.0 Å². The van der Waals surface area contributed by atoms with Crippen molar-refractivity contribution in [2.75, 3.05) is 19.6 Å². The average molecular weight is 303 g/mol. The van der Waals surface area contributed by atoms with Crippen molar-refractivity contribution in [1.82, 2.24) is 10.2 Å². The summed E-state index contributed by atoms with van der Waals surface area (Å²) in [5.41, 5.74) is 5.09. The number of hydrogen-bond acceptors (Lipinski definition) is 3. The van der Waals surface area contributed by atoms with Crippen LogP contribution in [0.3, 0.4) is 0 Å². The molecule has 0 amide bonds. The van der Waals surface area contributed by atoms with E-state index in [0.717, 1.165) is 31.8 Å². The van der Waals surface area contributed by atoms with Gasteiger partial charge in [0.25, 0.3) is 0 Å². The molecule has 0 aromatic carbocycles. The van der Waals surface area contributed by atoms with Crippen molar-refractivity contribution in [3.8, 4) is 0 Å². The van der Waals surface area contributed by atoms with Crippen molar-refractivity contribution in [3.05, 3.63) is 35.7 Å². The molecule has 1 N–H and O–H groups in total. The lowest BCUT2D eigenvalue weighted by Gasteiger charge is -2.36. The molecule has 3 nitrogen and oxygen atoms in total. The van der Waals surface area contributed by atoms with Crippen molar-refractivity contribution >= 4 is 5.71 Å². The van der Waals surface area contributed by atoms with E-state index in [2.05, 4.69) is 69.4 Å². The van der Waals surface area contributed by atoms with Crippen molar-refractivity contribution in [3.63, 3.8) is 0 Å². The first kappa shape index (κ1) is 18.7. The SMILES string of the molecule is C=C\N=C(C)/C(C(=C\C)/C(C)CC)=C(\C)N1CCNC(C)C1. The monoisotopic (exact) mass is 303 g/mol. The highest BCUT2D eigenvalue weighted by molar-refractivity contribution is 6.03. The van der Waals surface area contributed by atoms with Crippen LogP contribution in [0.15, 0.2) is 40.7 Å². The number of nitrogens with one attached hydrogen (secondary N) is 1.